The maximum Gasteiger partial charge on any atom is 0.223 e. The second kappa shape index (κ2) is 6.06. The molecular formula is C17H22N2O. The molecule has 3 nitrogen and oxygen atoms in total. The molecule has 0 radical (unpaired) electrons. The third kappa shape index (κ3) is 3.17. The van der Waals surface area contributed by atoms with Gasteiger partial charge in [0.05, 0.1) is 0 Å². The molecule has 0 aliphatic heterocycles. The summed E-state index contributed by atoms with van der Waals surface area (Å²) in [7, 11) is 0. The van der Waals surface area contributed by atoms with E-state index in [4.69, 9.17) is 10.5 Å². The summed E-state index contributed by atoms with van der Waals surface area (Å²) in [6.07, 6.45) is 1.73. The molecule has 0 aliphatic rings. The van der Waals surface area contributed by atoms with Crippen LogP contribution in [-0.2, 0) is 0 Å². The molecule has 1 aromatic heterocycles. The maximum absolute atomic E-state index is 6.05. The molecule has 0 saturated carbocycles. The zero-order valence-corrected chi connectivity index (χ0v) is 12.6. The first kappa shape index (κ1) is 14.5. The summed E-state index contributed by atoms with van der Waals surface area (Å²) in [5.74, 6) is 1.85. The second-order valence-corrected chi connectivity index (χ2v) is 5.48. The predicted molar refractivity (Wildman–Crippen MR) is 82.2 cm³/mol. The van der Waals surface area contributed by atoms with Crippen molar-refractivity contribution in [3.63, 3.8) is 0 Å². The topological polar surface area (TPSA) is 48.1 Å². The van der Waals surface area contributed by atoms with E-state index in [1.54, 1.807) is 6.20 Å². The zero-order chi connectivity index (χ0) is 14.7. The van der Waals surface area contributed by atoms with Crippen molar-refractivity contribution in [1.29, 1.82) is 0 Å². The Bertz CT molecular complexity index is 591. The normalized spacial score (nSPS) is 12.5. The van der Waals surface area contributed by atoms with Crippen LogP contribution in [0.2, 0.25) is 0 Å². The molecule has 0 saturated heterocycles. The predicted octanol–water partition coefficient (Wildman–Crippen LogP) is 4.33. The Morgan fingerprint density at radius 1 is 1.10 bits per heavy atom. The number of benzene rings is 1. The Hall–Kier alpha value is -1.87. The number of nitrogens with two attached hydrogens (primary N) is 1. The van der Waals surface area contributed by atoms with Crippen LogP contribution < -0.4 is 10.5 Å². The second-order valence-electron chi connectivity index (χ2n) is 5.48. The van der Waals surface area contributed by atoms with Gasteiger partial charge in [-0.05, 0) is 43.0 Å². The zero-order valence-electron chi connectivity index (χ0n) is 12.6. The summed E-state index contributed by atoms with van der Waals surface area (Å²) in [5.41, 5.74) is 9.24. The van der Waals surface area contributed by atoms with E-state index in [0.717, 1.165) is 11.3 Å². The van der Waals surface area contributed by atoms with Crippen molar-refractivity contribution in [2.45, 2.75) is 39.7 Å². The molecule has 1 aromatic carbocycles. The molecule has 0 spiro atoms. The van der Waals surface area contributed by atoms with E-state index >= 15 is 0 Å². The number of hydrogen-bond donors (Lipinski definition) is 1. The minimum Gasteiger partial charge on any atom is -0.438 e. The lowest BCUT2D eigenvalue weighted by Crippen LogP contribution is -2.08. The van der Waals surface area contributed by atoms with Crippen LogP contribution in [0.3, 0.4) is 0 Å². The van der Waals surface area contributed by atoms with Crippen molar-refractivity contribution in [3.05, 3.63) is 53.2 Å². The molecule has 0 aliphatic carbocycles. The quantitative estimate of drug-likeness (QED) is 0.899. The number of aromatic nitrogens is 1. The van der Waals surface area contributed by atoms with Crippen molar-refractivity contribution in [2.24, 2.45) is 5.73 Å². The molecule has 0 bridgehead atoms. The Labute approximate surface area is 120 Å². The highest BCUT2D eigenvalue weighted by Crippen LogP contribution is 2.33. The number of hydrogen-bond acceptors (Lipinski definition) is 3. The molecule has 1 atom stereocenters. The molecule has 2 aromatic rings. The van der Waals surface area contributed by atoms with Crippen LogP contribution >= 0.6 is 0 Å². The summed E-state index contributed by atoms with van der Waals surface area (Å²) in [6, 6.07) is 10.0. The van der Waals surface area contributed by atoms with E-state index in [2.05, 4.69) is 44.0 Å². The van der Waals surface area contributed by atoms with Crippen LogP contribution in [0.1, 0.15) is 49.4 Å². The van der Waals surface area contributed by atoms with E-state index in [1.165, 1.54) is 11.1 Å². The summed E-state index contributed by atoms with van der Waals surface area (Å²) < 4.78 is 6.05. The van der Waals surface area contributed by atoms with Crippen molar-refractivity contribution in [3.8, 4) is 11.6 Å². The van der Waals surface area contributed by atoms with Crippen LogP contribution in [0, 0.1) is 6.92 Å². The van der Waals surface area contributed by atoms with Gasteiger partial charge in [-0.3, -0.25) is 0 Å². The molecule has 0 amide bonds. The van der Waals surface area contributed by atoms with E-state index in [9.17, 15) is 0 Å². The van der Waals surface area contributed by atoms with Gasteiger partial charge in [-0.1, -0.05) is 32.0 Å². The third-order valence-corrected chi connectivity index (χ3v) is 3.29. The summed E-state index contributed by atoms with van der Waals surface area (Å²) >= 11 is 0. The molecular weight excluding hydrogens is 248 g/mol. The van der Waals surface area contributed by atoms with E-state index in [-0.39, 0.29) is 6.04 Å². The standard InChI is InChI=1S/C17H22N2O/c1-11(2)14-8-7-12(3)10-16(14)20-17-15(13(4)18)6-5-9-19-17/h5-11,13H,18H2,1-4H3/t13-/m0/s1. The first-order valence-corrected chi connectivity index (χ1v) is 6.98. The highest BCUT2D eigenvalue weighted by molar-refractivity contribution is 5.42. The highest BCUT2D eigenvalue weighted by atomic mass is 16.5. The van der Waals surface area contributed by atoms with Gasteiger partial charge in [-0.15, -0.1) is 0 Å². The lowest BCUT2D eigenvalue weighted by Gasteiger charge is -2.17. The SMILES string of the molecule is Cc1ccc(C(C)C)c(Oc2ncccc2[C@H](C)N)c1. The van der Waals surface area contributed by atoms with Gasteiger partial charge in [-0.25, -0.2) is 4.98 Å². The Morgan fingerprint density at radius 2 is 1.85 bits per heavy atom. The van der Waals surface area contributed by atoms with Gasteiger partial charge in [0.2, 0.25) is 5.88 Å². The lowest BCUT2D eigenvalue weighted by molar-refractivity contribution is 0.444. The van der Waals surface area contributed by atoms with Gasteiger partial charge < -0.3 is 10.5 Å². The lowest BCUT2D eigenvalue weighted by atomic mass is 10.0. The van der Waals surface area contributed by atoms with Gasteiger partial charge >= 0.3 is 0 Å². The summed E-state index contributed by atoms with van der Waals surface area (Å²) in [5, 5.41) is 0. The van der Waals surface area contributed by atoms with Crippen molar-refractivity contribution in [1.82, 2.24) is 4.98 Å². The fraction of sp³-hybridized carbons (Fsp3) is 0.353. The molecule has 106 valence electrons. The van der Waals surface area contributed by atoms with E-state index < -0.39 is 0 Å². The Morgan fingerprint density at radius 3 is 2.50 bits per heavy atom. The van der Waals surface area contributed by atoms with Crippen LogP contribution in [0.4, 0.5) is 0 Å². The van der Waals surface area contributed by atoms with Crippen molar-refractivity contribution in [2.75, 3.05) is 0 Å². The molecule has 0 fully saturated rings. The average molecular weight is 270 g/mol. The minimum atomic E-state index is -0.106. The van der Waals surface area contributed by atoms with Crippen LogP contribution in [0.15, 0.2) is 36.5 Å². The first-order valence-electron chi connectivity index (χ1n) is 6.98. The maximum atomic E-state index is 6.05. The molecule has 20 heavy (non-hydrogen) atoms. The van der Waals surface area contributed by atoms with Crippen LogP contribution in [-0.4, -0.2) is 4.98 Å². The smallest absolute Gasteiger partial charge is 0.223 e. The fourth-order valence-corrected chi connectivity index (χ4v) is 2.15. The van der Waals surface area contributed by atoms with E-state index in [1.807, 2.05) is 19.1 Å². The number of ether oxygens (including phenoxy) is 1. The number of rotatable bonds is 4. The minimum absolute atomic E-state index is 0.106. The van der Waals surface area contributed by atoms with Crippen LogP contribution in [0.5, 0.6) is 11.6 Å². The largest absolute Gasteiger partial charge is 0.438 e. The number of pyridine rings is 1. The van der Waals surface area contributed by atoms with Crippen molar-refractivity contribution >= 4 is 0 Å². The van der Waals surface area contributed by atoms with Gasteiger partial charge in [0.15, 0.2) is 0 Å². The van der Waals surface area contributed by atoms with Gasteiger partial charge in [0.1, 0.15) is 5.75 Å². The molecule has 2 N–H and O–H groups in total. The molecule has 0 unspecified atom stereocenters. The molecule has 2 rings (SSSR count). The molecule has 3 heteroatoms. The highest BCUT2D eigenvalue weighted by Gasteiger charge is 2.13. The first-order chi connectivity index (χ1) is 9.49. The Kier molecular flexibility index (Phi) is 4.40. The molecule has 1 heterocycles. The van der Waals surface area contributed by atoms with Gasteiger partial charge in [-0.2, -0.15) is 0 Å². The number of aryl methyl sites for hydroxylation is 1. The monoisotopic (exact) mass is 270 g/mol. The fourth-order valence-electron chi connectivity index (χ4n) is 2.15. The average Bonchev–Trinajstić information content (AvgIpc) is 2.38. The summed E-state index contributed by atoms with van der Waals surface area (Å²) in [4.78, 5) is 4.32. The van der Waals surface area contributed by atoms with Gasteiger partial charge in [0.25, 0.3) is 0 Å². The third-order valence-electron chi connectivity index (χ3n) is 3.29. The van der Waals surface area contributed by atoms with Crippen molar-refractivity contribution < 1.29 is 4.74 Å². The van der Waals surface area contributed by atoms with Gasteiger partial charge in [0, 0.05) is 17.8 Å². The van der Waals surface area contributed by atoms with Crippen LogP contribution in [0.25, 0.3) is 0 Å². The van der Waals surface area contributed by atoms with E-state index in [0.29, 0.717) is 11.8 Å². The Balaban J connectivity index is 2.42. The summed E-state index contributed by atoms with van der Waals surface area (Å²) in [6.45, 7) is 8.30. The number of nitrogens with zero attached hydrogens (tertiary/aromatic N) is 1.